The second kappa shape index (κ2) is 5.54. The SMILES string of the molecule is NCc1ccccc1NCCCF. The summed E-state index contributed by atoms with van der Waals surface area (Å²) < 4.78 is 11.8. The van der Waals surface area contributed by atoms with Gasteiger partial charge in [0.15, 0.2) is 0 Å². The molecule has 0 aromatic heterocycles. The molecule has 0 spiro atoms. The number of anilines is 1. The standard InChI is InChI=1S/C10H15FN2/c11-6-3-7-13-10-5-2-1-4-9(10)8-12/h1-2,4-5,13H,3,6-8,12H2. The van der Waals surface area contributed by atoms with Gasteiger partial charge in [-0.25, -0.2) is 0 Å². The van der Waals surface area contributed by atoms with Crippen LogP contribution in [0.15, 0.2) is 24.3 Å². The van der Waals surface area contributed by atoms with Crippen LogP contribution in [0.2, 0.25) is 0 Å². The molecule has 0 atom stereocenters. The van der Waals surface area contributed by atoms with E-state index in [4.69, 9.17) is 5.73 Å². The number of alkyl halides is 1. The van der Waals surface area contributed by atoms with Crippen molar-refractivity contribution in [1.82, 2.24) is 0 Å². The van der Waals surface area contributed by atoms with E-state index in [1.807, 2.05) is 24.3 Å². The second-order valence-corrected chi connectivity index (χ2v) is 2.83. The quantitative estimate of drug-likeness (QED) is 0.683. The Bertz CT molecular complexity index is 250. The topological polar surface area (TPSA) is 38.0 Å². The Kier molecular flexibility index (Phi) is 4.26. The minimum Gasteiger partial charge on any atom is -0.385 e. The first-order valence-corrected chi connectivity index (χ1v) is 4.46. The van der Waals surface area contributed by atoms with E-state index in [2.05, 4.69) is 5.32 Å². The third-order valence-electron chi connectivity index (χ3n) is 1.86. The molecule has 13 heavy (non-hydrogen) atoms. The van der Waals surface area contributed by atoms with Crippen molar-refractivity contribution < 1.29 is 4.39 Å². The molecule has 1 aromatic rings. The van der Waals surface area contributed by atoms with Gasteiger partial charge in [-0.3, -0.25) is 4.39 Å². The number of halogens is 1. The summed E-state index contributed by atoms with van der Waals surface area (Å²) in [4.78, 5) is 0. The minimum absolute atomic E-state index is 0.280. The summed E-state index contributed by atoms with van der Waals surface area (Å²) in [6.07, 6.45) is 0.541. The van der Waals surface area contributed by atoms with E-state index in [-0.39, 0.29) is 6.67 Å². The molecule has 0 saturated heterocycles. The van der Waals surface area contributed by atoms with E-state index < -0.39 is 0 Å². The first-order valence-electron chi connectivity index (χ1n) is 4.46. The molecule has 0 aliphatic carbocycles. The van der Waals surface area contributed by atoms with E-state index >= 15 is 0 Å². The lowest BCUT2D eigenvalue weighted by Crippen LogP contribution is -2.07. The molecule has 0 bridgehead atoms. The number of nitrogens with two attached hydrogens (primary N) is 1. The predicted molar refractivity (Wildman–Crippen MR) is 53.4 cm³/mol. The summed E-state index contributed by atoms with van der Waals surface area (Å²) in [5.41, 5.74) is 7.62. The van der Waals surface area contributed by atoms with E-state index in [1.165, 1.54) is 0 Å². The molecular weight excluding hydrogens is 167 g/mol. The van der Waals surface area contributed by atoms with Gasteiger partial charge in [-0.2, -0.15) is 0 Å². The van der Waals surface area contributed by atoms with Gasteiger partial charge in [-0.05, 0) is 18.1 Å². The summed E-state index contributed by atoms with van der Waals surface area (Å²) >= 11 is 0. The molecular formula is C10H15FN2. The van der Waals surface area contributed by atoms with Crippen molar-refractivity contribution >= 4 is 5.69 Å². The highest BCUT2D eigenvalue weighted by atomic mass is 19.1. The van der Waals surface area contributed by atoms with Gasteiger partial charge in [0.2, 0.25) is 0 Å². The number of hydrogen-bond acceptors (Lipinski definition) is 2. The fraction of sp³-hybridized carbons (Fsp3) is 0.400. The fourth-order valence-corrected chi connectivity index (χ4v) is 1.16. The van der Waals surface area contributed by atoms with Crippen molar-refractivity contribution in [3.8, 4) is 0 Å². The van der Waals surface area contributed by atoms with Crippen LogP contribution in [0.25, 0.3) is 0 Å². The van der Waals surface area contributed by atoms with Crippen molar-refractivity contribution in [2.45, 2.75) is 13.0 Å². The number of rotatable bonds is 5. The van der Waals surface area contributed by atoms with Gasteiger partial charge in [0.1, 0.15) is 0 Å². The Morgan fingerprint density at radius 2 is 2.08 bits per heavy atom. The highest BCUT2D eigenvalue weighted by Crippen LogP contribution is 2.13. The number of benzene rings is 1. The minimum atomic E-state index is -0.280. The van der Waals surface area contributed by atoms with Crippen LogP contribution in [-0.2, 0) is 6.54 Å². The summed E-state index contributed by atoms with van der Waals surface area (Å²) in [5, 5.41) is 3.15. The zero-order chi connectivity index (χ0) is 9.52. The van der Waals surface area contributed by atoms with Crippen molar-refractivity contribution in [2.75, 3.05) is 18.5 Å². The molecule has 72 valence electrons. The zero-order valence-electron chi connectivity index (χ0n) is 7.59. The smallest absolute Gasteiger partial charge is 0.0911 e. The van der Waals surface area contributed by atoms with Crippen LogP contribution in [-0.4, -0.2) is 13.2 Å². The van der Waals surface area contributed by atoms with Crippen LogP contribution in [0, 0.1) is 0 Å². The summed E-state index contributed by atoms with van der Waals surface area (Å²) in [7, 11) is 0. The van der Waals surface area contributed by atoms with Gasteiger partial charge in [-0.15, -0.1) is 0 Å². The van der Waals surface area contributed by atoms with Crippen LogP contribution in [0.1, 0.15) is 12.0 Å². The molecule has 0 aliphatic heterocycles. The molecule has 0 amide bonds. The maximum atomic E-state index is 11.8. The fourth-order valence-electron chi connectivity index (χ4n) is 1.16. The average Bonchev–Trinajstić information content (AvgIpc) is 2.19. The third-order valence-corrected chi connectivity index (χ3v) is 1.86. The molecule has 0 saturated carbocycles. The lowest BCUT2D eigenvalue weighted by molar-refractivity contribution is 0.481. The lowest BCUT2D eigenvalue weighted by atomic mass is 10.2. The maximum Gasteiger partial charge on any atom is 0.0911 e. The molecule has 3 N–H and O–H groups in total. The van der Waals surface area contributed by atoms with Crippen LogP contribution >= 0.6 is 0 Å². The van der Waals surface area contributed by atoms with E-state index in [1.54, 1.807) is 0 Å². The normalized spacial score (nSPS) is 10.0. The lowest BCUT2D eigenvalue weighted by Gasteiger charge is -2.09. The van der Waals surface area contributed by atoms with Crippen LogP contribution in [0.3, 0.4) is 0 Å². The van der Waals surface area contributed by atoms with Crippen LogP contribution in [0.5, 0.6) is 0 Å². The van der Waals surface area contributed by atoms with Crippen molar-refractivity contribution in [1.29, 1.82) is 0 Å². The largest absolute Gasteiger partial charge is 0.385 e. The Balaban J connectivity index is 2.54. The first-order chi connectivity index (χ1) is 6.38. The number of para-hydroxylation sites is 1. The van der Waals surface area contributed by atoms with Crippen molar-refractivity contribution in [3.63, 3.8) is 0 Å². The molecule has 2 nitrogen and oxygen atoms in total. The second-order valence-electron chi connectivity index (χ2n) is 2.83. The van der Waals surface area contributed by atoms with Gasteiger partial charge in [0.05, 0.1) is 6.67 Å². The maximum absolute atomic E-state index is 11.8. The number of hydrogen-bond donors (Lipinski definition) is 2. The Hall–Kier alpha value is -1.09. The van der Waals surface area contributed by atoms with E-state index in [0.29, 0.717) is 19.5 Å². The summed E-state index contributed by atoms with van der Waals surface area (Å²) in [5.74, 6) is 0. The van der Waals surface area contributed by atoms with Crippen LogP contribution < -0.4 is 11.1 Å². The van der Waals surface area contributed by atoms with Gasteiger partial charge in [0.25, 0.3) is 0 Å². The summed E-state index contributed by atoms with van der Waals surface area (Å²) in [6.45, 7) is 0.893. The molecule has 0 unspecified atom stereocenters. The molecule has 3 heteroatoms. The van der Waals surface area contributed by atoms with Crippen molar-refractivity contribution in [3.05, 3.63) is 29.8 Å². The van der Waals surface area contributed by atoms with E-state index in [9.17, 15) is 4.39 Å². The molecule has 0 fully saturated rings. The Morgan fingerprint density at radius 1 is 1.31 bits per heavy atom. The van der Waals surface area contributed by atoms with Crippen LogP contribution in [0.4, 0.5) is 10.1 Å². The van der Waals surface area contributed by atoms with Gasteiger partial charge in [0, 0.05) is 18.8 Å². The molecule has 1 aromatic carbocycles. The summed E-state index contributed by atoms with van der Waals surface area (Å²) in [6, 6.07) is 7.82. The molecule has 1 rings (SSSR count). The highest BCUT2D eigenvalue weighted by Gasteiger charge is 1.97. The van der Waals surface area contributed by atoms with Gasteiger partial charge >= 0.3 is 0 Å². The molecule has 0 heterocycles. The number of nitrogens with one attached hydrogen (secondary N) is 1. The zero-order valence-corrected chi connectivity index (χ0v) is 7.59. The predicted octanol–water partition coefficient (Wildman–Crippen LogP) is 1.92. The Labute approximate surface area is 77.9 Å². The average molecular weight is 182 g/mol. The monoisotopic (exact) mass is 182 g/mol. The van der Waals surface area contributed by atoms with Gasteiger partial charge < -0.3 is 11.1 Å². The highest BCUT2D eigenvalue weighted by molar-refractivity contribution is 5.50. The molecule has 0 radical (unpaired) electrons. The third kappa shape index (κ3) is 3.03. The Morgan fingerprint density at radius 3 is 2.77 bits per heavy atom. The molecule has 0 aliphatic rings. The van der Waals surface area contributed by atoms with E-state index in [0.717, 1.165) is 11.3 Å². The first kappa shape index (κ1) is 9.99. The van der Waals surface area contributed by atoms with Crippen molar-refractivity contribution in [2.24, 2.45) is 5.73 Å². The van der Waals surface area contributed by atoms with Gasteiger partial charge in [-0.1, -0.05) is 18.2 Å².